The van der Waals surface area contributed by atoms with Crippen molar-refractivity contribution in [2.75, 3.05) is 30.3 Å². The molecule has 0 saturated carbocycles. The van der Waals surface area contributed by atoms with Crippen LogP contribution in [0.3, 0.4) is 0 Å². The van der Waals surface area contributed by atoms with E-state index in [4.69, 9.17) is 4.74 Å². The van der Waals surface area contributed by atoms with Gasteiger partial charge in [0.1, 0.15) is 6.33 Å². The van der Waals surface area contributed by atoms with Crippen LogP contribution < -0.4 is 10.6 Å². The molecule has 1 unspecified atom stereocenters. The van der Waals surface area contributed by atoms with E-state index in [1.165, 1.54) is 11.2 Å². The summed E-state index contributed by atoms with van der Waals surface area (Å²) in [5.41, 5.74) is -0.123. The van der Waals surface area contributed by atoms with Crippen LogP contribution in [0.25, 0.3) is 0 Å². The Morgan fingerprint density at radius 1 is 1.38 bits per heavy atom. The van der Waals surface area contributed by atoms with Crippen molar-refractivity contribution in [3.05, 3.63) is 38.8 Å². The van der Waals surface area contributed by atoms with E-state index in [1.807, 2.05) is 17.5 Å². The highest BCUT2D eigenvalue weighted by molar-refractivity contribution is 7.09. The molecule has 1 atom stereocenters. The second kappa shape index (κ2) is 8.02. The van der Waals surface area contributed by atoms with Crippen molar-refractivity contribution in [2.45, 2.75) is 25.4 Å². The van der Waals surface area contributed by atoms with Crippen LogP contribution in [0.1, 0.15) is 17.7 Å². The van der Waals surface area contributed by atoms with Gasteiger partial charge in [-0.3, -0.25) is 10.1 Å². The Morgan fingerprint density at radius 2 is 2.21 bits per heavy atom. The number of nitro groups is 1. The van der Waals surface area contributed by atoms with Gasteiger partial charge in [-0.05, 0) is 30.7 Å². The predicted molar refractivity (Wildman–Crippen MR) is 92.7 cm³/mol. The summed E-state index contributed by atoms with van der Waals surface area (Å²) < 4.78 is 5.52. The van der Waals surface area contributed by atoms with Crippen LogP contribution in [0.2, 0.25) is 0 Å². The maximum absolute atomic E-state index is 11.4. The van der Waals surface area contributed by atoms with Crippen molar-refractivity contribution >= 4 is 28.7 Å². The zero-order valence-corrected chi connectivity index (χ0v) is 13.9. The Bertz CT molecular complexity index is 674. The molecule has 9 heteroatoms. The number of hydrogen-bond acceptors (Lipinski definition) is 8. The monoisotopic (exact) mass is 349 g/mol. The average molecular weight is 349 g/mol. The van der Waals surface area contributed by atoms with E-state index in [-0.39, 0.29) is 23.4 Å². The lowest BCUT2D eigenvalue weighted by Crippen LogP contribution is -2.20. The molecule has 1 aliphatic heterocycles. The van der Waals surface area contributed by atoms with Crippen LogP contribution in [0, 0.1) is 10.1 Å². The van der Waals surface area contributed by atoms with E-state index in [1.54, 1.807) is 11.3 Å². The zero-order valence-electron chi connectivity index (χ0n) is 13.1. The molecule has 1 aliphatic rings. The number of nitrogens with zero attached hydrogens (tertiary/aromatic N) is 3. The molecule has 2 aromatic rings. The molecule has 0 spiro atoms. The van der Waals surface area contributed by atoms with Crippen LogP contribution in [0.4, 0.5) is 17.3 Å². The van der Waals surface area contributed by atoms with E-state index in [0.29, 0.717) is 13.1 Å². The minimum absolute atomic E-state index is 0.0785. The second-order valence-electron chi connectivity index (χ2n) is 5.45. The number of nitrogens with one attached hydrogen (secondary N) is 2. The highest BCUT2D eigenvalue weighted by Crippen LogP contribution is 2.29. The maximum atomic E-state index is 11.4. The first-order chi connectivity index (χ1) is 11.7. The molecule has 1 fully saturated rings. The SMILES string of the molecule is O=[N+]([O-])c1c(NCCc2cccs2)ncnc1NCC1CCCO1. The first-order valence-corrected chi connectivity index (χ1v) is 8.73. The second-order valence-corrected chi connectivity index (χ2v) is 6.48. The molecule has 3 rings (SSSR count). The molecule has 1 saturated heterocycles. The Labute approximate surface area is 143 Å². The van der Waals surface area contributed by atoms with Gasteiger partial charge < -0.3 is 15.4 Å². The molecular formula is C15H19N5O3S. The molecule has 128 valence electrons. The maximum Gasteiger partial charge on any atom is 0.353 e. The molecule has 0 amide bonds. The van der Waals surface area contributed by atoms with Crippen molar-refractivity contribution in [2.24, 2.45) is 0 Å². The van der Waals surface area contributed by atoms with Gasteiger partial charge in [0.05, 0.1) is 11.0 Å². The summed E-state index contributed by atoms with van der Waals surface area (Å²) in [5, 5.41) is 19.5. The van der Waals surface area contributed by atoms with Gasteiger partial charge >= 0.3 is 5.69 Å². The predicted octanol–water partition coefficient (Wildman–Crippen LogP) is 2.69. The molecule has 0 radical (unpaired) electrons. The third kappa shape index (κ3) is 4.18. The van der Waals surface area contributed by atoms with E-state index >= 15 is 0 Å². The summed E-state index contributed by atoms with van der Waals surface area (Å²) in [5.74, 6) is 0.463. The van der Waals surface area contributed by atoms with Gasteiger partial charge in [0.25, 0.3) is 0 Å². The van der Waals surface area contributed by atoms with Crippen LogP contribution in [-0.4, -0.2) is 40.7 Å². The highest BCUT2D eigenvalue weighted by Gasteiger charge is 2.24. The van der Waals surface area contributed by atoms with Crippen LogP contribution >= 0.6 is 11.3 Å². The van der Waals surface area contributed by atoms with Crippen LogP contribution in [0.15, 0.2) is 23.8 Å². The number of hydrogen-bond donors (Lipinski definition) is 2. The molecular weight excluding hydrogens is 330 g/mol. The fourth-order valence-electron chi connectivity index (χ4n) is 2.59. The molecule has 3 heterocycles. The lowest BCUT2D eigenvalue weighted by molar-refractivity contribution is -0.383. The Balaban J connectivity index is 1.65. The van der Waals surface area contributed by atoms with Crippen molar-refractivity contribution in [3.63, 3.8) is 0 Å². The van der Waals surface area contributed by atoms with Gasteiger partial charge in [-0.2, -0.15) is 0 Å². The summed E-state index contributed by atoms with van der Waals surface area (Å²) in [4.78, 5) is 20.3. The molecule has 0 bridgehead atoms. The quantitative estimate of drug-likeness (QED) is 0.558. The van der Waals surface area contributed by atoms with Gasteiger partial charge in [0.15, 0.2) is 0 Å². The standard InChI is InChI=1S/C15H19N5O3S/c21-20(22)13-14(16-6-5-12-4-2-8-24-12)18-10-19-15(13)17-9-11-3-1-7-23-11/h2,4,8,10-11H,1,3,5-7,9H2,(H2,16,17,18,19). The summed E-state index contributed by atoms with van der Waals surface area (Å²) in [6.45, 7) is 1.82. The van der Waals surface area contributed by atoms with E-state index < -0.39 is 4.92 Å². The summed E-state index contributed by atoms with van der Waals surface area (Å²) in [6.07, 6.45) is 4.18. The number of rotatable bonds is 8. The molecule has 2 N–H and O–H groups in total. The lowest BCUT2D eigenvalue weighted by Gasteiger charge is -2.12. The first kappa shape index (κ1) is 16.6. The zero-order chi connectivity index (χ0) is 16.8. The van der Waals surface area contributed by atoms with Gasteiger partial charge in [0, 0.05) is 24.6 Å². The van der Waals surface area contributed by atoms with Crippen molar-refractivity contribution in [1.29, 1.82) is 0 Å². The Kier molecular flexibility index (Phi) is 5.55. The molecule has 0 aliphatic carbocycles. The van der Waals surface area contributed by atoms with Crippen LogP contribution in [0.5, 0.6) is 0 Å². The van der Waals surface area contributed by atoms with Gasteiger partial charge in [0.2, 0.25) is 11.6 Å². The fraction of sp³-hybridized carbons (Fsp3) is 0.467. The Morgan fingerprint density at radius 3 is 2.88 bits per heavy atom. The minimum atomic E-state index is -0.453. The van der Waals surface area contributed by atoms with Gasteiger partial charge in [-0.25, -0.2) is 9.97 Å². The fourth-order valence-corrected chi connectivity index (χ4v) is 3.29. The normalized spacial score (nSPS) is 16.9. The molecule has 2 aromatic heterocycles. The van der Waals surface area contributed by atoms with Gasteiger partial charge in [-0.15, -0.1) is 11.3 Å². The van der Waals surface area contributed by atoms with E-state index in [9.17, 15) is 10.1 Å². The number of anilines is 2. The van der Waals surface area contributed by atoms with Crippen molar-refractivity contribution in [3.8, 4) is 0 Å². The summed E-state index contributed by atoms with van der Waals surface area (Å²) >= 11 is 1.66. The van der Waals surface area contributed by atoms with Crippen molar-refractivity contribution < 1.29 is 9.66 Å². The average Bonchev–Trinajstić information content (AvgIpc) is 3.26. The Hall–Kier alpha value is -2.26. The number of ether oxygens (including phenoxy) is 1. The molecule has 0 aromatic carbocycles. The van der Waals surface area contributed by atoms with Crippen molar-refractivity contribution in [1.82, 2.24) is 9.97 Å². The van der Waals surface area contributed by atoms with Crippen LogP contribution in [-0.2, 0) is 11.2 Å². The molecule has 24 heavy (non-hydrogen) atoms. The number of thiophene rings is 1. The smallest absolute Gasteiger partial charge is 0.353 e. The topological polar surface area (TPSA) is 102 Å². The largest absolute Gasteiger partial charge is 0.376 e. The van der Waals surface area contributed by atoms with Gasteiger partial charge in [-0.1, -0.05) is 6.07 Å². The first-order valence-electron chi connectivity index (χ1n) is 7.85. The minimum Gasteiger partial charge on any atom is -0.376 e. The summed E-state index contributed by atoms with van der Waals surface area (Å²) in [7, 11) is 0. The van der Waals surface area contributed by atoms with E-state index in [2.05, 4.69) is 20.6 Å². The molecule has 8 nitrogen and oxygen atoms in total. The summed E-state index contributed by atoms with van der Waals surface area (Å²) in [6, 6.07) is 4.02. The third-order valence-corrected chi connectivity index (χ3v) is 4.71. The third-order valence-electron chi connectivity index (χ3n) is 3.77. The lowest BCUT2D eigenvalue weighted by atomic mass is 10.2. The number of aromatic nitrogens is 2. The highest BCUT2D eigenvalue weighted by atomic mass is 32.1. The van der Waals surface area contributed by atoms with E-state index in [0.717, 1.165) is 25.9 Å².